The first kappa shape index (κ1) is 23.3. The summed E-state index contributed by atoms with van der Waals surface area (Å²) in [7, 11) is -3.64. The Hall–Kier alpha value is -2.34. The fourth-order valence-electron chi connectivity index (χ4n) is 4.48. The Morgan fingerprint density at radius 1 is 1.03 bits per heavy atom. The summed E-state index contributed by atoms with van der Waals surface area (Å²) in [6.45, 7) is 5.80. The van der Waals surface area contributed by atoms with Crippen LogP contribution in [-0.4, -0.2) is 26.6 Å². The van der Waals surface area contributed by atoms with Crippen molar-refractivity contribution in [3.05, 3.63) is 64.7 Å². The number of sulfonamides is 1. The van der Waals surface area contributed by atoms with Gasteiger partial charge in [0.1, 0.15) is 6.04 Å². The molecule has 2 aromatic rings. The standard InChI is InChI=1S/C25H34N2O3S/c1-5-23(21-15-14-19-11-7-8-12-20(19)17-21)26-25(28)24(6-2)27(31(4,29)30)22-13-9-10-18(3)16-22/h9-10,13-17,23-24H,5-8,11-12H2,1-4H3,(H,26,28)/t23-,24-/m1/s1. The maximum Gasteiger partial charge on any atom is 0.244 e. The molecule has 3 rings (SSSR count). The summed E-state index contributed by atoms with van der Waals surface area (Å²) in [5.41, 5.74) is 5.34. The van der Waals surface area contributed by atoms with E-state index >= 15 is 0 Å². The van der Waals surface area contributed by atoms with Gasteiger partial charge in [-0.05, 0) is 79.8 Å². The summed E-state index contributed by atoms with van der Waals surface area (Å²) in [6.07, 6.45) is 6.93. The highest BCUT2D eigenvalue weighted by Gasteiger charge is 2.32. The van der Waals surface area contributed by atoms with Crippen LogP contribution in [0.5, 0.6) is 0 Å². The van der Waals surface area contributed by atoms with Gasteiger partial charge in [0.15, 0.2) is 0 Å². The van der Waals surface area contributed by atoms with E-state index in [1.165, 1.54) is 28.3 Å². The Bertz CT molecular complexity index is 1030. The number of aryl methyl sites for hydroxylation is 3. The van der Waals surface area contributed by atoms with Crippen LogP contribution in [-0.2, 0) is 27.7 Å². The van der Waals surface area contributed by atoms with Crippen LogP contribution in [0.1, 0.15) is 67.8 Å². The average Bonchev–Trinajstić information content (AvgIpc) is 2.74. The van der Waals surface area contributed by atoms with Gasteiger partial charge in [0.05, 0.1) is 18.0 Å². The Balaban J connectivity index is 1.87. The van der Waals surface area contributed by atoms with Crippen molar-refractivity contribution in [1.29, 1.82) is 0 Å². The fraction of sp³-hybridized carbons (Fsp3) is 0.480. The topological polar surface area (TPSA) is 66.5 Å². The quantitative estimate of drug-likeness (QED) is 0.645. The highest BCUT2D eigenvalue weighted by molar-refractivity contribution is 7.92. The van der Waals surface area contributed by atoms with E-state index in [4.69, 9.17) is 0 Å². The molecule has 31 heavy (non-hydrogen) atoms. The number of carbonyl (C=O) groups excluding carboxylic acids is 1. The third-order valence-corrected chi connectivity index (χ3v) is 7.27. The van der Waals surface area contributed by atoms with Crippen LogP contribution in [0.15, 0.2) is 42.5 Å². The van der Waals surface area contributed by atoms with Gasteiger partial charge in [0.25, 0.3) is 0 Å². The Morgan fingerprint density at radius 2 is 1.74 bits per heavy atom. The molecule has 0 spiro atoms. The zero-order chi connectivity index (χ0) is 22.6. The lowest BCUT2D eigenvalue weighted by molar-refractivity contribution is -0.123. The third kappa shape index (κ3) is 5.48. The largest absolute Gasteiger partial charge is 0.347 e. The van der Waals surface area contributed by atoms with Crippen molar-refractivity contribution < 1.29 is 13.2 Å². The number of fused-ring (bicyclic) bond motifs is 1. The van der Waals surface area contributed by atoms with Gasteiger partial charge < -0.3 is 5.32 Å². The molecule has 2 atom stereocenters. The molecule has 0 saturated heterocycles. The van der Waals surface area contributed by atoms with Crippen molar-refractivity contribution in [3.63, 3.8) is 0 Å². The molecule has 1 aliphatic carbocycles. The second-order valence-corrected chi connectivity index (χ2v) is 10.4. The molecule has 6 heteroatoms. The molecule has 0 bridgehead atoms. The zero-order valence-corrected chi connectivity index (χ0v) is 19.8. The van der Waals surface area contributed by atoms with Crippen molar-refractivity contribution in [2.75, 3.05) is 10.6 Å². The highest BCUT2D eigenvalue weighted by atomic mass is 32.2. The zero-order valence-electron chi connectivity index (χ0n) is 19.0. The SMILES string of the molecule is CC[C@H](C(=O)N[C@H](CC)c1ccc2c(c1)CCCC2)N(c1cccc(C)c1)S(C)(=O)=O. The van der Waals surface area contributed by atoms with E-state index in [1.807, 2.05) is 32.9 Å². The smallest absolute Gasteiger partial charge is 0.244 e. The second kappa shape index (κ2) is 9.86. The minimum atomic E-state index is -3.64. The minimum absolute atomic E-state index is 0.146. The predicted molar refractivity (Wildman–Crippen MR) is 127 cm³/mol. The number of nitrogens with one attached hydrogen (secondary N) is 1. The minimum Gasteiger partial charge on any atom is -0.347 e. The van der Waals surface area contributed by atoms with Gasteiger partial charge in [-0.3, -0.25) is 9.10 Å². The van der Waals surface area contributed by atoms with Crippen molar-refractivity contribution in [2.45, 2.75) is 71.4 Å². The summed E-state index contributed by atoms with van der Waals surface area (Å²) in [5.74, 6) is -0.265. The van der Waals surface area contributed by atoms with E-state index in [-0.39, 0.29) is 11.9 Å². The van der Waals surface area contributed by atoms with E-state index in [9.17, 15) is 13.2 Å². The molecule has 1 aliphatic rings. The number of anilines is 1. The van der Waals surface area contributed by atoms with Crippen molar-refractivity contribution in [3.8, 4) is 0 Å². The molecule has 0 fully saturated rings. The molecule has 0 saturated carbocycles. The van der Waals surface area contributed by atoms with Crippen LogP contribution in [0.25, 0.3) is 0 Å². The number of hydrogen-bond acceptors (Lipinski definition) is 3. The first-order valence-corrected chi connectivity index (χ1v) is 13.1. The molecular weight excluding hydrogens is 408 g/mol. The monoisotopic (exact) mass is 442 g/mol. The second-order valence-electron chi connectivity index (χ2n) is 8.53. The van der Waals surface area contributed by atoms with Crippen LogP contribution in [0.2, 0.25) is 0 Å². The molecule has 5 nitrogen and oxygen atoms in total. The molecule has 0 aliphatic heterocycles. The van der Waals surface area contributed by atoms with Gasteiger partial charge in [0, 0.05) is 0 Å². The van der Waals surface area contributed by atoms with Crippen molar-refractivity contribution >= 4 is 21.6 Å². The van der Waals surface area contributed by atoms with E-state index in [0.29, 0.717) is 12.1 Å². The molecular formula is C25H34N2O3S. The summed E-state index contributed by atoms with van der Waals surface area (Å²) in [6, 6.07) is 12.8. The molecule has 0 heterocycles. The Kier molecular flexibility index (Phi) is 7.42. The van der Waals surface area contributed by atoms with Crippen LogP contribution < -0.4 is 9.62 Å². The lowest BCUT2D eigenvalue weighted by atomic mass is 9.88. The summed E-state index contributed by atoms with van der Waals surface area (Å²) in [5, 5.41) is 3.13. The first-order valence-electron chi connectivity index (χ1n) is 11.2. The van der Waals surface area contributed by atoms with E-state index < -0.39 is 16.1 Å². The van der Waals surface area contributed by atoms with Gasteiger partial charge in [-0.25, -0.2) is 8.42 Å². The average molecular weight is 443 g/mol. The van der Waals surface area contributed by atoms with E-state index in [2.05, 4.69) is 23.5 Å². The molecule has 0 radical (unpaired) electrons. The summed E-state index contributed by atoms with van der Waals surface area (Å²) < 4.78 is 26.6. The molecule has 2 aromatic carbocycles. The van der Waals surface area contributed by atoms with Gasteiger partial charge in [-0.15, -0.1) is 0 Å². The van der Waals surface area contributed by atoms with Gasteiger partial charge in [-0.2, -0.15) is 0 Å². The molecule has 168 valence electrons. The van der Waals surface area contributed by atoms with Crippen LogP contribution in [0.3, 0.4) is 0 Å². The van der Waals surface area contributed by atoms with Crippen LogP contribution in [0.4, 0.5) is 5.69 Å². The van der Waals surface area contributed by atoms with Gasteiger partial charge in [0.2, 0.25) is 15.9 Å². The highest BCUT2D eigenvalue weighted by Crippen LogP contribution is 2.27. The first-order chi connectivity index (χ1) is 14.7. The van der Waals surface area contributed by atoms with Crippen molar-refractivity contribution in [2.24, 2.45) is 0 Å². The number of amides is 1. The Morgan fingerprint density at radius 3 is 2.35 bits per heavy atom. The van der Waals surface area contributed by atoms with Crippen LogP contribution >= 0.6 is 0 Å². The fourth-order valence-corrected chi connectivity index (χ4v) is 5.69. The third-order valence-electron chi connectivity index (χ3n) is 6.09. The van der Waals surface area contributed by atoms with Crippen molar-refractivity contribution in [1.82, 2.24) is 5.32 Å². The Labute approximate surface area is 186 Å². The maximum absolute atomic E-state index is 13.3. The predicted octanol–water partition coefficient (Wildman–Crippen LogP) is 4.69. The summed E-state index contributed by atoms with van der Waals surface area (Å²) in [4.78, 5) is 13.3. The molecule has 0 aromatic heterocycles. The van der Waals surface area contributed by atoms with E-state index in [0.717, 1.165) is 36.6 Å². The van der Waals surface area contributed by atoms with Crippen LogP contribution in [0, 0.1) is 6.92 Å². The normalized spacial score (nSPS) is 15.6. The number of benzene rings is 2. The van der Waals surface area contributed by atoms with Gasteiger partial charge in [-0.1, -0.05) is 44.2 Å². The summed E-state index contributed by atoms with van der Waals surface area (Å²) >= 11 is 0. The molecule has 1 N–H and O–H groups in total. The lowest BCUT2D eigenvalue weighted by Crippen LogP contribution is -2.50. The lowest BCUT2D eigenvalue weighted by Gasteiger charge is -2.32. The molecule has 0 unspecified atom stereocenters. The number of carbonyl (C=O) groups is 1. The number of hydrogen-bond donors (Lipinski definition) is 1. The van der Waals surface area contributed by atoms with E-state index in [1.54, 1.807) is 12.1 Å². The number of nitrogens with zero attached hydrogens (tertiary/aromatic N) is 1. The maximum atomic E-state index is 13.3. The van der Waals surface area contributed by atoms with Gasteiger partial charge >= 0.3 is 0 Å². The number of rotatable bonds is 8. The molecule has 1 amide bonds.